The zero-order valence-corrected chi connectivity index (χ0v) is 10.9. The summed E-state index contributed by atoms with van der Waals surface area (Å²) in [6.45, 7) is 6.78. The summed E-state index contributed by atoms with van der Waals surface area (Å²) in [5, 5.41) is 3.28. The quantitative estimate of drug-likeness (QED) is 0.821. The lowest BCUT2D eigenvalue weighted by atomic mass is 10.1. The topological polar surface area (TPSA) is 12.0 Å². The van der Waals surface area contributed by atoms with Crippen molar-refractivity contribution in [3.05, 3.63) is 29.8 Å². The summed E-state index contributed by atoms with van der Waals surface area (Å²) in [5.74, 6) is 0. The Labute approximate surface area is 104 Å². The number of benzene rings is 1. The van der Waals surface area contributed by atoms with E-state index in [1.54, 1.807) is 12.1 Å². The minimum Gasteiger partial charge on any atom is -0.308 e. The maximum Gasteiger partial charge on any atom is 0.446 e. The molecule has 0 bridgehead atoms. The maximum absolute atomic E-state index is 12.1. The molecular weight excluding hydrogens is 247 g/mol. The van der Waals surface area contributed by atoms with E-state index in [2.05, 4.69) is 5.32 Å². The molecule has 0 aromatic heterocycles. The Kier molecular flexibility index (Phi) is 4.49. The molecule has 1 rings (SSSR count). The van der Waals surface area contributed by atoms with Gasteiger partial charge >= 0.3 is 5.51 Å². The van der Waals surface area contributed by atoms with Crippen LogP contribution in [-0.2, 0) is 6.54 Å². The van der Waals surface area contributed by atoms with Crippen molar-refractivity contribution in [2.75, 3.05) is 0 Å². The molecule has 1 aromatic carbocycles. The van der Waals surface area contributed by atoms with E-state index in [0.717, 1.165) is 5.56 Å². The Morgan fingerprint density at radius 2 is 1.59 bits per heavy atom. The molecule has 0 saturated carbocycles. The van der Waals surface area contributed by atoms with Crippen LogP contribution in [-0.4, -0.2) is 11.0 Å². The second-order valence-corrected chi connectivity index (χ2v) is 5.93. The third-order valence-electron chi connectivity index (χ3n) is 1.98. The Morgan fingerprint density at radius 3 is 2.00 bits per heavy atom. The number of hydrogen-bond donors (Lipinski definition) is 1. The SMILES string of the molecule is CC(C)(C)NCc1ccc(SC(F)(F)F)cc1. The van der Waals surface area contributed by atoms with E-state index in [-0.39, 0.29) is 22.2 Å². The molecule has 0 atom stereocenters. The first-order valence-corrected chi connectivity index (χ1v) is 6.07. The zero-order valence-electron chi connectivity index (χ0n) is 10.1. The van der Waals surface area contributed by atoms with Crippen molar-refractivity contribution in [2.45, 2.75) is 43.3 Å². The van der Waals surface area contributed by atoms with Gasteiger partial charge in [-0.15, -0.1) is 0 Å². The van der Waals surface area contributed by atoms with Crippen molar-refractivity contribution in [1.82, 2.24) is 5.32 Å². The van der Waals surface area contributed by atoms with Gasteiger partial charge in [0.2, 0.25) is 0 Å². The Morgan fingerprint density at radius 1 is 1.06 bits per heavy atom. The van der Waals surface area contributed by atoms with Crippen LogP contribution in [0.1, 0.15) is 26.3 Å². The van der Waals surface area contributed by atoms with Crippen molar-refractivity contribution >= 4 is 11.8 Å². The summed E-state index contributed by atoms with van der Waals surface area (Å²) in [6.07, 6.45) is 0. The summed E-state index contributed by atoms with van der Waals surface area (Å²) in [7, 11) is 0. The Hall–Kier alpha value is -0.680. The van der Waals surface area contributed by atoms with Gasteiger partial charge in [0.15, 0.2) is 0 Å². The molecule has 0 aliphatic rings. The van der Waals surface area contributed by atoms with Crippen molar-refractivity contribution in [1.29, 1.82) is 0 Å². The highest BCUT2D eigenvalue weighted by Crippen LogP contribution is 2.36. The molecule has 1 aromatic rings. The van der Waals surface area contributed by atoms with E-state index in [1.807, 2.05) is 20.8 Å². The van der Waals surface area contributed by atoms with Crippen molar-refractivity contribution in [3.63, 3.8) is 0 Å². The summed E-state index contributed by atoms with van der Waals surface area (Å²) in [4.78, 5) is 0.219. The largest absolute Gasteiger partial charge is 0.446 e. The van der Waals surface area contributed by atoms with Crippen LogP contribution in [0, 0.1) is 0 Å². The minimum atomic E-state index is -4.22. The number of hydrogen-bond acceptors (Lipinski definition) is 2. The van der Waals surface area contributed by atoms with Gasteiger partial charge in [0.05, 0.1) is 0 Å². The number of rotatable bonds is 3. The fourth-order valence-corrected chi connectivity index (χ4v) is 1.72. The van der Waals surface area contributed by atoms with Gasteiger partial charge in [-0.2, -0.15) is 13.2 Å². The van der Waals surface area contributed by atoms with Gasteiger partial charge in [-0.25, -0.2) is 0 Å². The lowest BCUT2D eigenvalue weighted by molar-refractivity contribution is -0.0328. The van der Waals surface area contributed by atoms with Crippen molar-refractivity contribution in [2.24, 2.45) is 0 Å². The van der Waals surface area contributed by atoms with Crippen LogP contribution < -0.4 is 5.32 Å². The number of thioether (sulfide) groups is 1. The van der Waals surface area contributed by atoms with Crippen LogP contribution in [0.3, 0.4) is 0 Å². The summed E-state index contributed by atoms with van der Waals surface area (Å²) in [5.41, 5.74) is -3.24. The smallest absolute Gasteiger partial charge is 0.308 e. The highest BCUT2D eigenvalue weighted by atomic mass is 32.2. The third-order valence-corrected chi connectivity index (χ3v) is 2.72. The summed E-state index contributed by atoms with van der Waals surface area (Å²) >= 11 is -0.0873. The van der Waals surface area contributed by atoms with Gasteiger partial charge in [0.1, 0.15) is 0 Å². The maximum atomic E-state index is 12.1. The molecule has 1 N–H and O–H groups in total. The van der Waals surface area contributed by atoms with Crippen LogP contribution in [0.4, 0.5) is 13.2 Å². The van der Waals surface area contributed by atoms with Crippen molar-refractivity contribution in [3.8, 4) is 0 Å². The monoisotopic (exact) mass is 263 g/mol. The number of halogens is 3. The summed E-state index contributed by atoms with van der Waals surface area (Å²) in [6, 6.07) is 6.43. The standard InChI is InChI=1S/C12H16F3NS/c1-11(2,3)16-8-9-4-6-10(7-5-9)17-12(13,14)15/h4-7,16H,8H2,1-3H3. The molecule has 0 heterocycles. The van der Waals surface area contributed by atoms with Crippen LogP contribution in [0.15, 0.2) is 29.2 Å². The predicted octanol–water partition coefficient (Wildman–Crippen LogP) is 4.19. The molecule has 0 radical (unpaired) electrons. The van der Waals surface area contributed by atoms with Gasteiger partial charge in [-0.3, -0.25) is 0 Å². The van der Waals surface area contributed by atoms with Crippen LogP contribution >= 0.6 is 11.8 Å². The van der Waals surface area contributed by atoms with E-state index < -0.39 is 5.51 Å². The molecule has 0 unspecified atom stereocenters. The van der Waals surface area contributed by atoms with Gasteiger partial charge in [0.25, 0.3) is 0 Å². The molecule has 1 nitrogen and oxygen atoms in total. The molecular formula is C12H16F3NS. The van der Waals surface area contributed by atoms with Crippen molar-refractivity contribution < 1.29 is 13.2 Å². The van der Waals surface area contributed by atoms with E-state index in [1.165, 1.54) is 12.1 Å². The highest BCUT2D eigenvalue weighted by Gasteiger charge is 2.28. The summed E-state index contributed by atoms with van der Waals surface area (Å²) < 4.78 is 36.3. The van der Waals surface area contributed by atoms with Gasteiger partial charge in [-0.05, 0) is 50.2 Å². The number of nitrogens with one attached hydrogen (secondary N) is 1. The minimum absolute atomic E-state index is 0.000604. The Bertz CT molecular complexity index is 351. The zero-order chi connectivity index (χ0) is 13.1. The fourth-order valence-electron chi connectivity index (χ4n) is 1.18. The fraction of sp³-hybridized carbons (Fsp3) is 0.500. The van der Waals surface area contributed by atoms with Crippen LogP contribution in [0.5, 0.6) is 0 Å². The Balaban J connectivity index is 2.56. The average Bonchev–Trinajstić information content (AvgIpc) is 2.13. The van der Waals surface area contributed by atoms with E-state index >= 15 is 0 Å². The van der Waals surface area contributed by atoms with Gasteiger partial charge in [-0.1, -0.05) is 12.1 Å². The lowest BCUT2D eigenvalue weighted by Crippen LogP contribution is -2.35. The molecule has 0 spiro atoms. The first-order valence-electron chi connectivity index (χ1n) is 5.25. The molecule has 5 heteroatoms. The van der Waals surface area contributed by atoms with Gasteiger partial charge < -0.3 is 5.32 Å². The molecule has 0 aliphatic carbocycles. The van der Waals surface area contributed by atoms with E-state index in [0.29, 0.717) is 6.54 Å². The van der Waals surface area contributed by atoms with E-state index in [9.17, 15) is 13.2 Å². The van der Waals surface area contributed by atoms with Crippen LogP contribution in [0.25, 0.3) is 0 Å². The molecule has 0 saturated heterocycles. The molecule has 17 heavy (non-hydrogen) atoms. The molecule has 96 valence electrons. The highest BCUT2D eigenvalue weighted by molar-refractivity contribution is 8.00. The first-order chi connectivity index (χ1) is 7.66. The molecule has 0 amide bonds. The second kappa shape index (κ2) is 5.31. The lowest BCUT2D eigenvalue weighted by Gasteiger charge is -2.20. The molecule has 0 fully saturated rings. The molecule has 0 aliphatic heterocycles. The predicted molar refractivity (Wildman–Crippen MR) is 64.9 cm³/mol. The average molecular weight is 263 g/mol. The number of alkyl halides is 3. The van der Waals surface area contributed by atoms with Crippen LogP contribution in [0.2, 0.25) is 0 Å². The first kappa shape index (κ1) is 14.4. The van der Waals surface area contributed by atoms with Gasteiger partial charge in [0, 0.05) is 17.0 Å². The van der Waals surface area contributed by atoms with E-state index in [4.69, 9.17) is 0 Å². The third kappa shape index (κ3) is 6.58. The second-order valence-electron chi connectivity index (χ2n) is 4.80. The normalized spacial score (nSPS) is 12.8.